The van der Waals surface area contributed by atoms with Crippen LogP contribution >= 0.6 is 15.1 Å². The molecule has 0 saturated heterocycles. The largest absolute Gasteiger partial charge is 0.428 e. The highest BCUT2D eigenvalue weighted by Crippen LogP contribution is 2.54. The molecule has 6 heteroatoms. The summed E-state index contributed by atoms with van der Waals surface area (Å²) in [4.78, 5) is 13.2. The summed E-state index contributed by atoms with van der Waals surface area (Å²) in [6, 6.07) is 3.26. The van der Waals surface area contributed by atoms with Gasteiger partial charge in [0.25, 0.3) is 0 Å². The van der Waals surface area contributed by atoms with Crippen LogP contribution in [-0.2, 0) is 16.9 Å². The van der Waals surface area contributed by atoms with Gasteiger partial charge in [-0.15, -0.1) is 7.92 Å². The molecule has 0 fully saturated rings. The van der Waals surface area contributed by atoms with E-state index >= 15 is 0 Å². The lowest BCUT2D eigenvalue weighted by atomic mass is 10.0. The second-order valence-electron chi connectivity index (χ2n) is 14.4. The Morgan fingerprint density at radius 2 is 1.02 bits per heavy atom. The minimum Gasteiger partial charge on any atom is -0.428 e. The number of hydrogen-bond acceptors (Lipinski definition) is 3. The highest BCUT2D eigenvalue weighted by molar-refractivity contribution is 7.63. The standard InChI is InChI=1S/C39H75NO3P2/c1-9-17-21-33(13-5)27-44(28-34(14-6)22-18-10-2)29-37-25-39(41)26-38(40(37)42)32-45(43,30-35(15-7)23-19-11-3)31-36(16-8)24-20-12-4/h25-26,33-36,42H,9-24,27-32H2,1-8H3. The van der Waals surface area contributed by atoms with Crippen LogP contribution in [0.5, 0.6) is 0 Å². The maximum Gasteiger partial charge on any atom is 0.182 e. The summed E-state index contributed by atoms with van der Waals surface area (Å²) in [6.45, 7) is 18.1. The van der Waals surface area contributed by atoms with E-state index < -0.39 is 7.14 Å². The first kappa shape index (κ1) is 42.4. The van der Waals surface area contributed by atoms with Crippen molar-refractivity contribution >= 4 is 15.1 Å². The van der Waals surface area contributed by atoms with Crippen LogP contribution in [0, 0.1) is 23.7 Å². The molecule has 264 valence electrons. The number of aromatic nitrogens is 1. The van der Waals surface area contributed by atoms with E-state index in [0.29, 0.717) is 35.5 Å². The Bertz CT molecular complexity index is 953. The van der Waals surface area contributed by atoms with Crippen LogP contribution in [-0.4, -0.2) is 34.6 Å². The molecule has 0 aliphatic carbocycles. The minimum absolute atomic E-state index is 0.0427. The molecule has 0 bridgehead atoms. The van der Waals surface area contributed by atoms with E-state index in [9.17, 15) is 14.6 Å². The van der Waals surface area contributed by atoms with Gasteiger partial charge in [-0.05, 0) is 36.0 Å². The predicted octanol–water partition coefficient (Wildman–Crippen LogP) is 12.8. The molecule has 0 radical (unpaired) electrons. The smallest absolute Gasteiger partial charge is 0.182 e. The predicted molar refractivity (Wildman–Crippen MR) is 203 cm³/mol. The topological polar surface area (TPSA) is 59.3 Å². The Labute approximate surface area is 281 Å². The van der Waals surface area contributed by atoms with Crippen LogP contribution in [0.3, 0.4) is 0 Å². The van der Waals surface area contributed by atoms with Crippen molar-refractivity contribution in [1.82, 2.24) is 4.73 Å². The molecule has 1 aromatic rings. The van der Waals surface area contributed by atoms with E-state index in [-0.39, 0.29) is 13.4 Å². The van der Waals surface area contributed by atoms with Crippen LogP contribution in [0.25, 0.3) is 0 Å². The van der Waals surface area contributed by atoms with Crippen molar-refractivity contribution < 1.29 is 9.77 Å². The van der Waals surface area contributed by atoms with Crippen molar-refractivity contribution in [2.75, 3.05) is 24.6 Å². The van der Waals surface area contributed by atoms with Gasteiger partial charge < -0.3 is 9.77 Å². The van der Waals surface area contributed by atoms with Gasteiger partial charge in [0.05, 0.1) is 18.5 Å². The van der Waals surface area contributed by atoms with E-state index in [1.165, 1.54) is 81.3 Å². The highest BCUT2D eigenvalue weighted by atomic mass is 31.2. The zero-order valence-electron chi connectivity index (χ0n) is 31.1. The summed E-state index contributed by atoms with van der Waals surface area (Å²) in [5, 5.41) is 11.7. The molecule has 45 heavy (non-hydrogen) atoms. The van der Waals surface area contributed by atoms with Crippen molar-refractivity contribution in [2.24, 2.45) is 23.7 Å². The maximum atomic E-state index is 15.0. The van der Waals surface area contributed by atoms with E-state index in [1.54, 1.807) is 12.1 Å². The molecular weight excluding hydrogens is 592 g/mol. The second kappa shape index (κ2) is 24.5. The Morgan fingerprint density at radius 3 is 1.40 bits per heavy atom. The van der Waals surface area contributed by atoms with Gasteiger partial charge in [-0.3, -0.25) is 4.79 Å². The first-order valence-electron chi connectivity index (χ1n) is 19.3. The first-order chi connectivity index (χ1) is 21.6. The fraction of sp³-hybridized carbons (Fsp3) is 0.872. The molecule has 1 N–H and O–H groups in total. The minimum atomic E-state index is -2.66. The summed E-state index contributed by atoms with van der Waals surface area (Å²) in [5.74, 6) is 2.31. The molecular formula is C39H75NO3P2. The lowest BCUT2D eigenvalue weighted by Gasteiger charge is -2.29. The van der Waals surface area contributed by atoms with Gasteiger partial charge in [-0.25, -0.2) is 0 Å². The molecule has 4 unspecified atom stereocenters. The van der Waals surface area contributed by atoms with Crippen LogP contribution in [0.2, 0.25) is 0 Å². The molecule has 4 nitrogen and oxygen atoms in total. The van der Waals surface area contributed by atoms with Crippen LogP contribution in [0.1, 0.15) is 170 Å². The van der Waals surface area contributed by atoms with Crippen molar-refractivity contribution in [3.05, 3.63) is 33.7 Å². The van der Waals surface area contributed by atoms with Gasteiger partial charge in [0, 0.05) is 36.8 Å². The Hall–Kier alpha value is -0.590. The van der Waals surface area contributed by atoms with Gasteiger partial charge in [0.1, 0.15) is 0 Å². The van der Waals surface area contributed by atoms with E-state index in [4.69, 9.17) is 0 Å². The lowest BCUT2D eigenvalue weighted by Crippen LogP contribution is -2.20. The second-order valence-corrected chi connectivity index (χ2v) is 20.0. The van der Waals surface area contributed by atoms with E-state index in [1.807, 2.05) is 0 Å². The van der Waals surface area contributed by atoms with E-state index in [2.05, 4.69) is 55.4 Å². The van der Waals surface area contributed by atoms with Crippen molar-refractivity contribution in [2.45, 2.75) is 170 Å². The Kier molecular flexibility index (Phi) is 23.1. The lowest BCUT2D eigenvalue weighted by molar-refractivity contribution is 0.169. The number of pyridine rings is 1. The first-order valence-corrected chi connectivity index (χ1v) is 23.5. The van der Waals surface area contributed by atoms with Crippen molar-refractivity contribution in [1.29, 1.82) is 0 Å². The third kappa shape index (κ3) is 16.9. The molecule has 0 aromatic carbocycles. The fourth-order valence-corrected chi connectivity index (χ4v) is 14.6. The van der Waals surface area contributed by atoms with Gasteiger partial charge >= 0.3 is 0 Å². The van der Waals surface area contributed by atoms with Gasteiger partial charge in [0.15, 0.2) is 5.43 Å². The van der Waals surface area contributed by atoms with E-state index in [0.717, 1.165) is 62.7 Å². The quantitative estimate of drug-likeness (QED) is 0.0714. The zero-order valence-corrected chi connectivity index (χ0v) is 32.9. The van der Waals surface area contributed by atoms with Crippen LogP contribution in [0.4, 0.5) is 0 Å². The normalized spacial score (nSPS) is 16.6. The molecule has 4 atom stereocenters. The van der Waals surface area contributed by atoms with Crippen molar-refractivity contribution in [3.63, 3.8) is 0 Å². The number of rotatable bonds is 28. The molecule has 1 heterocycles. The monoisotopic (exact) mass is 668 g/mol. The number of nitrogens with zero attached hydrogens (tertiary/aromatic N) is 1. The molecule has 1 rings (SSSR count). The van der Waals surface area contributed by atoms with Gasteiger partial charge in [0.2, 0.25) is 0 Å². The molecule has 0 amide bonds. The fourth-order valence-electron chi connectivity index (χ4n) is 7.17. The highest BCUT2D eigenvalue weighted by Gasteiger charge is 2.31. The molecule has 0 aliphatic rings. The van der Waals surface area contributed by atoms with Gasteiger partial charge in [-0.2, -0.15) is 4.73 Å². The Balaban J connectivity index is 3.45. The summed E-state index contributed by atoms with van der Waals surface area (Å²) in [6.07, 6.45) is 24.0. The number of unbranched alkanes of at least 4 members (excludes halogenated alkanes) is 4. The third-order valence-corrected chi connectivity index (χ3v) is 16.5. The van der Waals surface area contributed by atoms with Gasteiger partial charge in [-0.1, -0.05) is 158 Å². The SMILES string of the molecule is CCCCC(CC)CP(Cc1cc(=O)cc(CP(=O)(CC(CC)CCCC)CC(CC)CCCC)n1O)CC(CC)CCCC. The average Bonchev–Trinajstić information content (AvgIpc) is 3.03. The maximum absolute atomic E-state index is 15.0. The Morgan fingerprint density at radius 1 is 0.644 bits per heavy atom. The summed E-state index contributed by atoms with van der Waals surface area (Å²) in [5.41, 5.74) is 1.29. The van der Waals surface area contributed by atoms with Crippen molar-refractivity contribution in [3.8, 4) is 0 Å². The summed E-state index contributed by atoms with van der Waals surface area (Å²) in [7, 11) is -3.03. The molecule has 0 spiro atoms. The van der Waals surface area contributed by atoms with Crippen LogP contribution < -0.4 is 5.43 Å². The molecule has 0 aliphatic heterocycles. The number of hydrogen-bond donors (Lipinski definition) is 1. The third-order valence-electron chi connectivity index (χ3n) is 10.4. The average molecular weight is 668 g/mol. The summed E-state index contributed by atoms with van der Waals surface area (Å²) >= 11 is 0. The van der Waals surface area contributed by atoms with Crippen LogP contribution in [0.15, 0.2) is 16.9 Å². The zero-order chi connectivity index (χ0) is 33.7. The summed E-state index contributed by atoms with van der Waals surface area (Å²) < 4.78 is 16.3. The molecule has 1 aromatic heterocycles. The molecule has 0 saturated carbocycles.